The highest BCUT2D eigenvalue weighted by Gasteiger charge is 2.33. The molecule has 1 aliphatic heterocycles. The average molecular weight is 348 g/mol. The van der Waals surface area contributed by atoms with E-state index in [0.29, 0.717) is 23.7 Å². The maximum absolute atomic E-state index is 12.9. The van der Waals surface area contributed by atoms with Crippen LogP contribution in [0.4, 0.5) is 0 Å². The second-order valence-corrected chi connectivity index (χ2v) is 7.22. The van der Waals surface area contributed by atoms with Gasteiger partial charge in [0.05, 0.1) is 11.7 Å². The topological polar surface area (TPSA) is 59.6 Å². The average Bonchev–Trinajstić information content (AvgIpc) is 3.20. The Morgan fingerprint density at radius 2 is 2.00 bits per heavy atom. The minimum Gasteiger partial charge on any atom is -0.391 e. The molecule has 0 unspecified atom stereocenters. The van der Waals surface area contributed by atoms with Crippen LogP contribution in [0.2, 0.25) is 5.02 Å². The number of nitrogens with one attached hydrogen (secondary N) is 1. The Morgan fingerprint density at radius 1 is 1.21 bits per heavy atom. The summed E-state index contributed by atoms with van der Waals surface area (Å²) < 4.78 is 0. The van der Waals surface area contributed by atoms with E-state index in [1.807, 2.05) is 23.1 Å². The van der Waals surface area contributed by atoms with Crippen LogP contribution in [0.1, 0.15) is 29.6 Å². The molecule has 0 spiro atoms. The zero-order chi connectivity index (χ0) is 16.7. The van der Waals surface area contributed by atoms with Crippen molar-refractivity contribution in [2.75, 3.05) is 26.2 Å². The lowest BCUT2D eigenvalue weighted by atomic mass is 10.1. The zero-order valence-electron chi connectivity index (χ0n) is 13.5. The highest BCUT2D eigenvalue weighted by atomic mass is 35.5. The number of aromatic nitrogens is 1. The molecule has 24 heavy (non-hydrogen) atoms. The highest BCUT2D eigenvalue weighted by molar-refractivity contribution is 6.31. The first-order valence-electron chi connectivity index (χ1n) is 8.61. The van der Waals surface area contributed by atoms with Gasteiger partial charge in [0.25, 0.3) is 5.91 Å². The van der Waals surface area contributed by atoms with E-state index >= 15 is 0 Å². The Balaban J connectivity index is 1.46. The Hall–Kier alpha value is -1.56. The minimum absolute atomic E-state index is 0.0650. The number of fused-ring (bicyclic) bond motifs is 1. The van der Waals surface area contributed by atoms with Crippen molar-refractivity contribution in [3.8, 4) is 0 Å². The number of hydrogen-bond acceptors (Lipinski definition) is 3. The van der Waals surface area contributed by atoms with Crippen molar-refractivity contribution >= 4 is 28.4 Å². The van der Waals surface area contributed by atoms with Gasteiger partial charge < -0.3 is 15.0 Å². The number of piperazine rings is 1. The fourth-order valence-electron chi connectivity index (χ4n) is 4.05. The van der Waals surface area contributed by atoms with E-state index in [2.05, 4.69) is 9.88 Å². The van der Waals surface area contributed by atoms with Crippen molar-refractivity contribution in [3.63, 3.8) is 0 Å². The molecule has 4 rings (SSSR count). The van der Waals surface area contributed by atoms with Crippen molar-refractivity contribution in [2.24, 2.45) is 0 Å². The van der Waals surface area contributed by atoms with Crippen LogP contribution in [-0.4, -0.2) is 64.1 Å². The second kappa shape index (κ2) is 6.39. The number of aliphatic hydroxyl groups excluding tert-OH is 1. The molecule has 6 heteroatoms. The van der Waals surface area contributed by atoms with Crippen LogP contribution < -0.4 is 0 Å². The maximum Gasteiger partial charge on any atom is 0.256 e. The Kier molecular flexibility index (Phi) is 4.24. The smallest absolute Gasteiger partial charge is 0.256 e. The largest absolute Gasteiger partial charge is 0.391 e. The summed E-state index contributed by atoms with van der Waals surface area (Å²) in [5.41, 5.74) is 1.59. The van der Waals surface area contributed by atoms with E-state index in [-0.39, 0.29) is 18.1 Å². The van der Waals surface area contributed by atoms with Gasteiger partial charge in [-0.2, -0.15) is 0 Å². The van der Waals surface area contributed by atoms with E-state index in [1.54, 1.807) is 6.20 Å². The molecule has 2 aliphatic rings. The van der Waals surface area contributed by atoms with E-state index in [1.165, 1.54) is 0 Å². The van der Waals surface area contributed by atoms with Gasteiger partial charge in [-0.1, -0.05) is 17.7 Å². The predicted octanol–water partition coefficient (Wildman–Crippen LogP) is 2.49. The standard InChI is InChI=1S/C18H22ClN3O2/c19-12-4-5-13-14(11-20-15(13)10-12)18(24)22-8-6-21(7-9-22)16-2-1-3-17(16)23/h4-5,10-11,16-17,20,23H,1-3,6-9H2/t16-,17-/m1/s1. The molecule has 2 aromatic rings. The first kappa shape index (κ1) is 15.9. The number of carbonyl (C=O) groups is 1. The molecule has 2 fully saturated rings. The second-order valence-electron chi connectivity index (χ2n) is 6.79. The summed E-state index contributed by atoms with van der Waals surface area (Å²) in [6.07, 6.45) is 4.64. The van der Waals surface area contributed by atoms with Gasteiger partial charge in [-0.15, -0.1) is 0 Å². The number of rotatable bonds is 2. The van der Waals surface area contributed by atoms with E-state index < -0.39 is 0 Å². The number of H-pyrrole nitrogens is 1. The van der Waals surface area contributed by atoms with Gasteiger partial charge in [0.1, 0.15) is 0 Å². The van der Waals surface area contributed by atoms with Crippen molar-refractivity contribution in [2.45, 2.75) is 31.4 Å². The summed E-state index contributed by atoms with van der Waals surface area (Å²) in [5.74, 6) is 0.0650. The number of hydrogen-bond donors (Lipinski definition) is 2. The van der Waals surface area contributed by atoms with Gasteiger partial charge >= 0.3 is 0 Å². The van der Waals surface area contributed by atoms with E-state index in [0.717, 1.165) is 43.3 Å². The van der Waals surface area contributed by atoms with Crippen molar-refractivity contribution < 1.29 is 9.90 Å². The monoisotopic (exact) mass is 347 g/mol. The van der Waals surface area contributed by atoms with Crippen molar-refractivity contribution in [3.05, 3.63) is 35.0 Å². The van der Waals surface area contributed by atoms with E-state index in [4.69, 9.17) is 11.6 Å². The van der Waals surface area contributed by atoms with Gasteiger partial charge in [-0.05, 0) is 31.4 Å². The lowest BCUT2D eigenvalue weighted by Gasteiger charge is -2.39. The van der Waals surface area contributed by atoms with Gasteiger partial charge in [0.15, 0.2) is 0 Å². The number of benzene rings is 1. The number of aromatic amines is 1. The van der Waals surface area contributed by atoms with E-state index in [9.17, 15) is 9.90 Å². The summed E-state index contributed by atoms with van der Waals surface area (Å²) in [5, 5.41) is 11.6. The molecule has 128 valence electrons. The summed E-state index contributed by atoms with van der Waals surface area (Å²) in [6.45, 7) is 3.09. The SMILES string of the molecule is O=C(c1c[nH]c2cc(Cl)ccc12)N1CCN([C@@H]2CCC[C@H]2O)CC1. The lowest BCUT2D eigenvalue weighted by molar-refractivity contribution is 0.0316. The molecule has 0 bridgehead atoms. The third kappa shape index (κ3) is 2.81. The normalized spacial score (nSPS) is 25.5. The van der Waals surface area contributed by atoms with Crippen LogP contribution in [0.25, 0.3) is 10.9 Å². The first-order valence-corrected chi connectivity index (χ1v) is 8.99. The van der Waals surface area contributed by atoms with Crippen LogP contribution >= 0.6 is 11.6 Å². The molecule has 2 atom stereocenters. The van der Waals surface area contributed by atoms with Gasteiger partial charge in [0.2, 0.25) is 0 Å². The quantitative estimate of drug-likeness (QED) is 0.877. The summed E-state index contributed by atoms with van der Waals surface area (Å²) in [6, 6.07) is 5.82. The Morgan fingerprint density at radius 3 is 2.71 bits per heavy atom. The fourth-order valence-corrected chi connectivity index (χ4v) is 4.22. The third-order valence-corrected chi connectivity index (χ3v) is 5.62. The van der Waals surface area contributed by atoms with Crippen molar-refractivity contribution in [1.82, 2.24) is 14.8 Å². The summed E-state index contributed by atoms with van der Waals surface area (Å²) in [4.78, 5) is 20.2. The van der Waals surface area contributed by atoms with Crippen molar-refractivity contribution in [1.29, 1.82) is 0 Å². The van der Waals surface area contributed by atoms with Crippen LogP contribution in [0.5, 0.6) is 0 Å². The minimum atomic E-state index is -0.203. The summed E-state index contributed by atoms with van der Waals surface area (Å²) in [7, 11) is 0. The molecule has 1 aliphatic carbocycles. The van der Waals surface area contributed by atoms with Gasteiger partial charge in [-0.25, -0.2) is 0 Å². The van der Waals surface area contributed by atoms with Gasteiger partial charge in [-0.3, -0.25) is 9.69 Å². The molecule has 5 nitrogen and oxygen atoms in total. The molecule has 1 saturated heterocycles. The van der Waals surface area contributed by atoms with Crippen LogP contribution in [0, 0.1) is 0 Å². The van der Waals surface area contributed by atoms with Crippen LogP contribution in [0.3, 0.4) is 0 Å². The molecule has 1 aromatic heterocycles. The van der Waals surface area contributed by atoms with Crippen LogP contribution in [0.15, 0.2) is 24.4 Å². The molecular weight excluding hydrogens is 326 g/mol. The number of aliphatic hydroxyl groups is 1. The Labute approximate surface area is 146 Å². The number of nitrogens with zero attached hydrogens (tertiary/aromatic N) is 2. The molecule has 2 N–H and O–H groups in total. The molecule has 1 saturated carbocycles. The molecular formula is C18H22ClN3O2. The molecule has 1 amide bonds. The molecule has 0 radical (unpaired) electrons. The third-order valence-electron chi connectivity index (χ3n) is 5.39. The lowest BCUT2D eigenvalue weighted by Crippen LogP contribution is -2.53. The Bertz CT molecular complexity index is 752. The molecule has 2 heterocycles. The maximum atomic E-state index is 12.9. The number of amides is 1. The zero-order valence-corrected chi connectivity index (χ0v) is 14.3. The molecule has 1 aromatic carbocycles. The number of halogens is 1. The summed E-state index contributed by atoms with van der Waals surface area (Å²) >= 11 is 6.00. The predicted molar refractivity (Wildman–Crippen MR) is 94.4 cm³/mol. The fraction of sp³-hybridized carbons (Fsp3) is 0.500. The van der Waals surface area contributed by atoms with Gasteiger partial charge in [0, 0.05) is 54.3 Å². The highest BCUT2D eigenvalue weighted by Crippen LogP contribution is 2.26. The number of carbonyl (C=O) groups excluding carboxylic acids is 1. The first-order chi connectivity index (χ1) is 11.6. The van der Waals surface area contributed by atoms with Crippen LogP contribution in [-0.2, 0) is 0 Å².